The number of allylic oxidation sites excluding steroid dienone is 1. The second-order valence-corrected chi connectivity index (χ2v) is 5.85. The van der Waals surface area contributed by atoms with Gasteiger partial charge in [-0.1, -0.05) is 28.1 Å². The van der Waals surface area contributed by atoms with Crippen LogP contribution in [0.1, 0.15) is 21.7 Å². The number of carbonyl (C=O) groups is 1. The highest BCUT2D eigenvalue weighted by Crippen LogP contribution is 2.21. The first-order valence-electron chi connectivity index (χ1n) is 7.19. The molecule has 2 N–H and O–H groups in total. The van der Waals surface area contributed by atoms with Crippen LogP contribution in [-0.2, 0) is 0 Å². The van der Waals surface area contributed by atoms with E-state index < -0.39 is 0 Å². The maximum atomic E-state index is 12.7. The van der Waals surface area contributed by atoms with Crippen LogP contribution in [0.2, 0.25) is 0 Å². The fraction of sp³-hybridized carbons (Fsp3) is 0. The standard InChI is InChI=1S/C17H11BrN6O/c18-13-7-5-11(6-8-13)16(25)14-3-1-2-4-15(14)20-10-12(9-19)17-21-23-24-22-17/h1-8,10,20H,(H,21,22,23,24). The third-order valence-corrected chi connectivity index (χ3v) is 3.89. The number of aromatic amines is 1. The van der Waals surface area contributed by atoms with Gasteiger partial charge in [0.1, 0.15) is 11.6 Å². The maximum absolute atomic E-state index is 12.7. The van der Waals surface area contributed by atoms with Gasteiger partial charge in [0, 0.05) is 27.5 Å². The van der Waals surface area contributed by atoms with Gasteiger partial charge in [-0.15, -0.1) is 10.2 Å². The number of nitrogens with one attached hydrogen (secondary N) is 2. The van der Waals surface area contributed by atoms with Gasteiger partial charge < -0.3 is 5.32 Å². The number of tetrazole rings is 1. The third kappa shape index (κ3) is 3.79. The van der Waals surface area contributed by atoms with E-state index in [4.69, 9.17) is 0 Å². The molecule has 3 rings (SSSR count). The number of rotatable bonds is 5. The maximum Gasteiger partial charge on any atom is 0.216 e. The first kappa shape index (κ1) is 16.5. The molecule has 0 fully saturated rings. The van der Waals surface area contributed by atoms with Crippen LogP contribution < -0.4 is 5.32 Å². The Kier molecular flexibility index (Phi) is 4.97. The van der Waals surface area contributed by atoms with E-state index in [0.717, 1.165) is 4.47 Å². The summed E-state index contributed by atoms with van der Waals surface area (Å²) in [5, 5.41) is 25.4. The lowest BCUT2D eigenvalue weighted by molar-refractivity contribution is 0.103. The van der Waals surface area contributed by atoms with Crippen LogP contribution in [0.3, 0.4) is 0 Å². The smallest absolute Gasteiger partial charge is 0.216 e. The number of hydrogen-bond acceptors (Lipinski definition) is 6. The Balaban J connectivity index is 1.90. The van der Waals surface area contributed by atoms with Crippen LogP contribution in [0.15, 0.2) is 59.2 Å². The van der Waals surface area contributed by atoms with Gasteiger partial charge in [0.25, 0.3) is 0 Å². The fourth-order valence-corrected chi connectivity index (χ4v) is 2.40. The van der Waals surface area contributed by atoms with E-state index in [0.29, 0.717) is 16.8 Å². The Morgan fingerprint density at radius 3 is 2.64 bits per heavy atom. The van der Waals surface area contributed by atoms with Crippen molar-refractivity contribution < 1.29 is 4.79 Å². The molecular weight excluding hydrogens is 384 g/mol. The van der Waals surface area contributed by atoms with Crippen molar-refractivity contribution in [3.05, 3.63) is 76.2 Å². The van der Waals surface area contributed by atoms with Crippen LogP contribution in [0.5, 0.6) is 0 Å². The van der Waals surface area contributed by atoms with Crippen molar-refractivity contribution in [2.24, 2.45) is 0 Å². The van der Waals surface area contributed by atoms with Gasteiger partial charge >= 0.3 is 0 Å². The average Bonchev–Trinajstić information content (AvgIpc) is 3.17. The molecule has 25 heavy (non-hydrogen) atoms. The van der Waals surface area contributed by atoms with E-state index in [2.05, 4.69) is 41.9 Å². The summed E-state index contributed by atoms with van der Waals surface area (Å²) in [5.41, 5.74) is 1.83. The molecule has 0 unspecified atom stereocenters. The van der Waals surface area contributed by atoms with Gasteiger partial charge in [0.15, 0.2) is 5.78 Å². The molecule has 0 spiro atoms. The van der Waals surface area contributed by atoms with Crippen LogP contribution in [-0.4, -0.2) is 26.4 Å². The second-order valence-electron chi connectivity index (χ2n) is 4.93. The van der Waals surface area contributed by atoms with E-state index in [1.54, 1.807) is 36.4 Å². The molecule has 1 heterocycles. The Bertz CT molecular complexity index is 958. The number of carbonyl (C=O) groups excluding carboxylic acids is 1. The Morgan fingerprint density at radius 1 is 1.20 bits per heavy atom. The number of anilines is 1. The number of H-pyrrole nitrogens is 1. The number of para-hydroxylation sites is 1. The second kappa shape index (κ2) is 7.51. The van der Waals surface area contributed by atoms with Crippen LogP contribution >= 0.6 is 15.9 Å². The third-order valence-electron chi connectivity index (χ3n) is 3.36. The summed E-state index contributed by atoms with van der Waals surface area (Å²) in [6.45, 7) is 0. The normalized spacial score (nSPS) is 11.0. The first-order valence-corrected chi connectivity index (χ1v) is 7.98. The van der Waals surface area contributed by atoms with Crippen molar-refractivity contribution in [3.8, 4) is 6.07 Å². The van der Waals surface area contributed by atoms with E-state index in [1.807, 2.05) is 18.2 Å². The van der Waals surface area contributed by atoms with Crippen molar-refractivity contribution in [2.75, 3.05) is 5.32 Å². The lowest BCUT2D eigenvalue weighted by Gasteiger charge is -2.09. The van der Waals surface area contributed by atoms with Crippen molar-refractivity contribution in [2.45, 2.75) is 0 Å². The van der Waals surface area contributed by atoms with Crippen molar-refractivity contribution in [1.29, 1.82) is 5.26 Å². The molecule has 0 bridgehead atoms. The minimum Gasteiger partial charge on any atom is -0.360 e. The quantitative estimate of drug-likeness (QED) is 0.508. The fourth-order valence-electron chi connectivity index (χ4n) is 2.14. The molecule has 0 amide bonds. The van der Waals surface area contributed by atoms with Crippen molar-refractivity contribution in [1.82, 2.24) is 20.6 Å². The lowest BCUT2D eigenvalue weighted by atomic mass is 10.0. The molecule has 122 valence electrons. The van der Waals surface area contributed by atoms with Crippen molar-refractivity contribution >= 4 is 33.0 Å². The molecule has 2 aromatic carbocycles. The van der Waals surface area contributed by atoms with Crippen molar-refractivity contribution in [3.63, 3.8) is 0 Å². The van der Waals surface area contributed by atoms with E-state index >= 15 is 0 Å². The number of hydrogen-bond donors (Lipinski definition) is 2. The van der Waals surface area contributed by atoms with E-state index in [1.165, 1.54) is 6.20 Å². The Hall–Kier alpha value is -3.31. The lowest BCUT2D eigenvalue weighted by Crippen LogP contribution is -2.05. The molecule has 0 saturated carbocycles. The Labute approximate surface area is 151 Å². The summed E-state index contributed by atoms with van der Waals surface area (Å²) in [5.74, 6) is 0.0498. The number of aromatic nitrogens is 4. The number of ketones is 1. The van der Waals surface area contributed by atoms with E-state index in [9.17, 15) is 10.1 Å². The molecule has 1 aromatic heterocycles. The van der Waals surface area contributed by atoms with Gasteiger partial charge in [-0.3, -0.25) is 4.79 Å². The van der Waals surface area contributed by atoms with Gasteiger partial charge in [-0.05, 0) is 41.6 Å². The molecule has 7 nitrogen and oxygen atoms in total. The minimum absolute atomic E-state index is 0.123. The molecule has 0 aliphatic rings. The molecule has 0 atom stereocenters. The van der Waals surface area contributed by atoms with Gasteiger partial charge in [-0.25, -0.2) is 0 Å². The highest BCUT2D eigenvalue weighted by molar-refractivity contribution is 9.10. The molecule has 0 saturated heterocycles. The predicted molar refractivity (Wildman–Crippen MR) is 95.4 cm³/mol. The number of nitriles is 1. The Morgan fingerprint density at radius 2 is 1.96 bits per heavy atom. The average molecular weight is 395 g/mol. The zero-order chi connectivity index (χ0) is 17.6. The van der Waals surface area contributed by atoms with Gasteiger partial charge in [-0.2, -0.15) is 10.5 Å². The van der Waals surface area contributed by atoms with Crippen LogP contribution in [0, 0.1) is 11.3 Å². The van der Waals surface area contributed by atoms with Gasteiger partial charge in [0.2, 0.25) is 5.82 Å². The van der Waals surface area contributed by atoms with Gasteiger partial charge in [0.05, 0.1) is 0 Å². The highest BCUT2D eigenvalue weighted by Gasteiger charge is 2.13. The summed E-state index contributed by atoms with van der Waals surface area (Å²) < 4.78 is 0.900. The summed E-state index contributed by atoms with van der Waals surface area (Å²) >= 11 is 3.35. The number of halogens is 1. The summed E-state index contributed by atoms with van der Waals surface area (Å²) in [6.07, 6.45) is 1.44. The number of benzene rings is 2. The summed E-state index contributed by atoms with van der Waals surface area (Å²) in [7, 11) is 0. The molecular formula is C17H11BrN6O. The molecule has 0 aliphatic heterocycles. The monoisotopic (exact) mass is 394 g/mol. The predicted octanol–water partition coefficient (Wildman–Crippen LogP) is 3.17. The zero-order valence-electron chi connectivity index (χ0n) is 12.8. The zero-order valence-corrected chi connectivity index (χ0v) is 14.4. The van der Waals surface area contributed by atoms with E-state index in [-0.39, 0.29) is 17.2 Å². The summed E-state index contributed by atoms with van der Waals surface area (Å²) in [6, 6.07) is 16.2. The molecule has 8 heteroatoms. The SMILES string of the molecule is N#CC(=CNc1ccccc1C(=O)c1ccc(Br)cc1)c1nn[nH]n1. The molecule has 0 radical (unpaired) electrons. The largest absolute Gasteiger partial charge is 0.360 e. The first-order chi connectivity index (χ1) is 12.2. The van der Waals surface area contributed by atoms with Crippen LogP contribution in [0.25, 0.3) is 5.57 Å². The topological polar surface area (TPSA) is 107 Å². The number of nitrogens with zero attached hydrogens (tertiary/aromatic N) is 4. The summed E-state index contributed by atoms with van der Waals surface area (Å²) in [4.78, 5) is 12.7. The molecule has 0 aliphatic carbocycles. The van der Waals surface area contributed by atoms with Crippen LogP contribution in [0.4, 0.5) is 5.69 Å². The molecule has 3 aromatic rings. The highest BCUT2D eigenvalue weighted by atomic mass is 79.9. The minimum atomic E-state index is -0.123.